The first-order valence-electron chi connectivity index (χ1n) is 7.26. The minimum atomic E-state index is -0.334. The first-order valence-corrected chi connectivity index (χ1v) is 8.93. The van der Waals surface area contributed by atoms with Crippen molar-refractivity contribution in [3.63, 3.8) is 0 Å². The molecule has 3 aromatic rings. The topological polar surface area (TPSA) is 84.1 Å². The van der Waals surface area contributed by atoms with Crippen LogP contribution in [0, 0.1) is 0 Å². The number of carbonyl (C=O) groups is 2. The number of carbonyl (C=O) groups excluding carboxylic acids is 2. The van der Waals surface area contributed by atoms with Gasteiger partial charge in [0.2, 0.25) is 0 Å². The number of ether oxygens (including phenoxy) is 1. The van der Waals surface area contributed by atoms with E-state index in [1.165, 1.54) is 11.3 Å². The van der Waals surface area contributed by atoms with Gasteiger partial charge in [0, 0.05) is 16.3 Å². The van der Waals surface area contributed by atoms with Crippen LogP contribution >= 0.6 is 27.3 Å². The fourth-order valence-corrected chi connectivity index (χ4v) is 3.56. The fraction of sp³-hybridized carbons (Fsp3) is 0.188. The monoisotopic (exact) mass is 407 g/mol. The van der Waals surface area contributed by atoms with Crippen LogP contribution < -0.4 is 5.32 Å². The SMILES string of the molecule is CCOC(=O)Cc1csc(NC(=O)c2[nH]c3ccccc3c2Br)n1. The molecular weight excluding hydrogens is 394 g/mol. The summed E-state index contributed by atoms with van der Waals surface area (Å²) >= 11 is 4.72. The molecule has 0 bridgehead atoms. The zero-order valence-corrected chi connectivity index (χ0v) is 15.2. The van der Waals surface area contributed by atoms with Crippen molar-refractivity contribution in [2.75, 3.05) is 11.9 Å². The molecule has 6 nitrogen and oxygen atoms in total. The normalized spacial score (nSPS) is 10.8. The number of aromatic nitrogens is 2. The van der Waals surface area contributed by atoms with Crippen LogP contribution in [0.3, 0.4) is 0 Å². The Morgan fingerprint density at radius 3 is 2.92 bits per heavy atom. The third-order valence-corrected chi connectivity index (χ3v) is 4.90. The zero-order valence-electron chi connectivity index (χ0n) is 12.8. The van der Waals surface area contributed by atoms with Gasteiger partial charge in [-0.2, -0.15) is 0 Å². The highest BCUT2D eigenvalue weighted by molar-refractivity contribution is 9.10. The van der Waals surface area contributed by atoms with Crippen LogP contribution in [0.4, 0.5) is 5.13 Å². The van der Waals surface area contributed by atoms with E-state index < -0.39 is 0 Å². The molecule has 0 aliphatic heterocycles. The molecular formula is C16H14BrN3O3S. The van der Waals surface area contributed by atoms with Gasteiger partial charge in [-0.15, -0.1) is 11.3 Å². The lowest BCUT2D eigenvalue weighted by atomic mass is 10.2. The zero-order chi connectivity index (χ0) is 17.1. The third-order valence-electron chi connectivity index (χ3n) is 3.27. The minimum Gasteiger partial charge on any atom is -0.466 e. The largest absolute Gasteiger partial charge is 0.466 e. The van der Waals surface area contributed by atoms with Gasteiger partial charge >= 0.3 is 5.97 Å². The van der Waals surface area contributed by atoms with E-state index >= 15 is 0 Å². The first kappa shape index (κ1) is 16.7. The number of halogens is 1. The highest BCUT2D eigenvalue weighted by Gasteiger charge is 2.17. The molecule has 0 atom stereocenters. The molecule has 1 amide bonds. The summed E-state index contributed by atoms with van der Waals surface area (Å²) in [6.45, 7) is 2.09. The number of hydrogen-bond acceptors (Lipinski definition) is 5. The lowest BCUT2D eigenvalue weighted by Crippen LogP contribution is -2.13. The van der Waals surface area contributed by atoms with E-state index in [2.05, 4.69) is 31.2 Å². The van der Waals surface area contributed by atoms with Crippen LogP contribution in [0.15, 0.2) is 34.1 Å². The lowest BCUT2D eigenvalue weighted by Gasteiger charge is -2.00. The molecule has 0 aliphatic carbocycles. The van der Waals surface area contributed by atoms with Gasteiger partial charge in [-0.05, 0) is 28.9 Å². The van der Waals surface area contributed by atoms with E-state index in [9.17, 15) is 9.59 Å². The molecule has 0 saturated carbocycles. The second-order valence-electron chi connectivity index (χ2n) is 4.94. The van der Waals surface area contributed by atoms with E-state index in [1.807, 2.05) is 24.3 Å². The second-order valence-corrected chi connectivity index (χ2v) is 6.59. The summed E-state index contributed by atoms with van der Waals surface area (Å²) < 4.78 is 5.59. The van der Waals surface area contributed by atoms with E-state index in [0.717, 1.165) is 10.9 Å². The summed E-state index contributed by atoms with van der Waals surface area (Å²) in [5, 5.41) is 5.84. The Labute approximate surface area is 150 Å². The molecule has 8 heteroatoms. The molecule has 0 unspecified atom stereocenters. The molecule has 2 aromatic heterocycles. The summed E-state index contributed by atoms with van der Waals surface area (Å²) in [5.41, 5.74) is 1.87. The number of H-pyrrole nitrogens is 1. The van der Waals surface area contributed by atoms with Crippen molar-refractivity contribution in [2.45, 2.75) is 13.3 Å². The van der Waals surface area contributed by atoms with Crippen molar-refractivity contribution in [1.29, 1.82) is 0 Å². The van der Waals surface area contributed by atoms with E-state index in [-0.39, 0.29) is 18.3 Å². The van der Waals surface area contributed by atoms with Crippen LogP contribution in [0.1, 0.15) is 23.1 Å². The highest BCUT2D eigenvalue weighted by Crippen LogP contribution is 2.28. The van der Waals surface area contributed by atoms with Crippen molar-refractivity contribution in [2.24, 2.45) is 0 Å². The molecule has 0 radical (unpaired) electrons. The Morgan fingerprint density at radius 1 is 1.38 bits per heavy atom. The van der Waals surface area contributed by atoms with Crippen LogP contribution in [0.25, 0.3) is 10.9 Å². The lowest BCUT2D eigenvalue weighted by molar-refractivity contribution is -0.142. The van der Waals surface area contributed by atoms with Gasteiger partial charge in [0.05, 0.1) is 23.2 Å². The number of rotatable bonds is 5. The number of nitrogens with zero attached hydrogens (tertiary/aromatic N) is 1. The van der Waals surface area contributed by atoms with Gasteiger partial charge in [0.1, 0.15) is 5.69 Å². The van der Waals surface area contributed by atoms with E-state index in [1.54, 1.807) is 12.3 Å². The maximum Gasteiger partial charge on any atom is 0.311 e. The van der Waals surface area contributed by atoms with Gasteiger partial charge in [-0.3, -0.25) is 14.9 Å². The van der Waals surface area contributed by atoms with Crippen LogP contribution in [-0.2, 0) is 16.0 Å². The first-order chi connectivity index (χ1) is 11.6. The number of thiazole rings is 1. The fourth-order valence-electron chi connectivity index (χ4n) is 2.23. The van der Waals surface area contributed by atoms with Crippen molar-refractivity contribution in [3.8, 4) is 0 Å². The van der Waals surface area contributed by atoms with Gasteiger partial charge in [-0.25, -0.2) is 4.98 Å². The van der Waals surface area contributed by atoms with Crippen molar-refractivity contribution >= 4 is 55.2 Å². The summed E-state index contributed by atoms with van der Waals surface area (Å²) in [7, 11) is 0. The molecule has 0 aliphatic rings. The standard InChI is InChI=1S/C16H14BrN3O3S/c1-2-23-12(21)7-9-8-24-16(18-9)20-15(22)14-13(17)10-5-3-4-6-11(10)19-14/h3-6,8,19H,2,7H2,1H3,(H,18,20,22). The van der Waals surface area contributed by atoms with E-state index in [0.29, 0.717) is 27.6 Å². The van der Waals surface area contributed by atoms with Gasteiger partial charge in [-0.1, -0.05) is 18.2 Å². The van der Waals surface area contributed by atoms with Gasteiger partial charge in [0.15, 0.2) is 5.13 Å². The molecule has 1 aromatic carbocycles. The molecule has 0 spiro atoms. The number of nitrogens with one attached hydrogen (secondary N) is 2. The smallest absolute Gasteiger partial charge is 0.311 e. The van der Waals surface area contributed by atoms with Crippen molar-refractivity contribution < 1.29 is 14.3 Å². The van der Waals surface area contributed by atoms with Crippen LogP contribution in [-0.4, -0.2) is 28.5 Å². The Hall–Kier alpha value is -2.19. The van der Waals surface area contributed by atoms with Gasteiger partial charge < -0.3 is 9.72 Å². The predicted molar refractivity (Wildman–Crippen MR) is 96.4 cm³/mol. The number of amides is 1. The molecule has 124 valence electrons. The van der Waals surface area contributed by atoms with E-state index in [4.69, 9.17) is 4.74 Å². The molecule has 2 N–H and O–H groups in total. The second kappa shape index (κ2) is 7.14. The summed E-state index contributed by atoms with van der Waals surface area (Å²) in [4.78, 5) is 31.2. The summed E-state index contributed by atoms with van der Waals surface area (Å²) in [6, 6.07) is 7.63. The number of anilines is 1. The average Bonchev–Trinajstić information content (AvgIpc) is 3.12. The van der Waals surface area contributed by atoms with Crippen molar-refractivity contribution in [3.05, 3.63) is 45.5 Å². The Morgan fingerprint density at radius 2 is 2.17 bits per heavy atom. The summed E-state index contributed by atoms with van der Waals surface area (Å²) in [6.07, 6.45) is 0.0935. The maximum absolute atomic E-state index is 12.4. The Bertz CT molecular complexity index is 903. The quantitative estimate of drug-likeness (QED) is 0.630. The van der Waals surface area contributed by atoms with Crippen LogP contribution in [0.2, 0.25) is 0 Å². The highest BCUT2D eigenvalue weighted by atomic mass is 79.9. The van der Waals surface area contributed by atoms with Crippen LogP contribution in [0.5, 0.6) is 0 Å². The third kappa shape index (κ3) is 3.49. The number of para-hydroxylation sites is 1. The molecule has 3 rings (SSSR count). The predicted octanol–water partition coefficient (Wildman–Crippen LogP) is 3.74. The van der Waals surface area contributed by atoms with Gasteiger partial charge in [0.25, 0.3) is 5.91 Å². The molecule has 0 fully saturated rings. The minimum absolute atomic E-state index is 0.0935. The Balaban J connectivity index is 1.73. The number of hydrogen-bond donors (Lipinski definition) is 2. The van der Waals surface area contributed by atoms with Crippen molar-refractivity contribution in [1.82, 2.24) is 9.97 Å². The average molecular weight is 408 g/mol. The summed E-state index contributed by atoms with van der Waals surface area (Å²) in [5.74, 6) is -0.630. The maximum atomic E-state index is 12.4. The number of fused-ring (bicyclic) bond motifs is 1. The Kier molecular flexibility index (Phi) is 4.96. The number of aromatic amines is 1. The molecule has 0 saturated heterocycles. The molecule has 24 heavy (non-hydrogen) atoms. The number of benzene rings is 1. The molecule has 2 heterocycles. The number of esters is 1.